The average Bonchev–Trinajstić information content (AvgIpc) is 3.12. The van der Waals surface area contributed by atoms with Crippen LogP contribution in [0, 0.1) is 0 Å². The van der Waals surface area contributed by atoms with Gasteiger partial charge in [0, 0.05) is 27.5 Å². The molecule has 234 valence electrons. The minimum Gasteiger partial charge on any atom is -0.489 e. The molecule has 0 spiro atoms. The lowest BCUT2D eigenvalue weighted by Gasteiger charge is -2.13. The first-order chi connectivity index (χ1) is 23.2. The lowest BCUT2D eigenvalue weighted by atomic mass is 9.98. The Morgan fingerprint density at radius 3 is 1.15 bits per heavy atom. The molecular formula is C42H35BrO2S2. The third-order valence-corrected chi connectivity index (χ3v) is 11.4. The van der Waals surface area contributed by atoms with Crippen molar-refractivity contribution >= 4 is 39.5 Å². The van der Waals surface area contributed by atoms with Gasteiger partial charge in [0.2, 0.25) is 0 Å². The van der Waals surface area contributed by atoms with Gasteiger partial charge in [0.15, 0.2) is 0 Å². The second kappa shape index (κ2) is 15.3. The molecular weight excluding hydrogens is 680 g/mol. The molecule has 0 saturated heterocycles. The first kappa shape index (κ1) is 31.7. The van der Waals surface area contributed by atoms with Crippen LogP contribution in [0.1, 0.15) is 33.4 Å². The maximum Gasteiger partial charge on any atom is 0.119 e. The Hall–Kier alpha value is -3.90. The van der Waals surface area contributed by atoms with Crippen molar-refractivity contribution in [2.75, 3.05) is 0 Å². The summed E-state index contributed by atoms with van der Waals surface area (Å²) >= 11 is 7.80. The van der Waals surface area contributed by atoms with Crippen LogP contribution in [0.5, 0.6) is 11.5 Å². The number of thioether (sulfide) groups is 2. The number of hydrogen-bond acceptors (Lipinski definition) is 4. The molecule has 0 unspecified atom stereocenters. The van der Waals surface area contributed by atoms with Crippen LogP contribution >= 0.6 is 39.5 Å². The topological polar surface area (TPSA) is 18.5 Å². The molecule has 10 bridgehead atoms. The van der Waals surface area contributed by atoms with Crippen LogP contribution in [0.3, 0.4) is 0 Å². The predicted molar refractivity (Wildman–Crippen MR) is 203 cm³/mol. The first-order valence-corrected chi connectivity index (χ1v) is 18.9. The van der Waals surface area contributed by atoms with Gasteiger partial charge in [0.05, 0.1) is 0 Å². The van der Waals surface area contributed by atoms with Gasteiger partial charge in [-0.05, 0) is 95.8 Å². The minimum atomic E-state index is 0.503. The van der Waals surface area contributed by atoms with Crippen LogP contribution in [0.15, 0.2) is 144 Å². The molecule has 6 aromatic carbocycles. The number of ether oxygens (including phenoxy) is 2. The third-order valence-electron chi connectivity index (χ3n) is 8.36. The van der Waals surface area contributed by atoms with E-state index >= 15 is 0 Å². The molecule has 7 aliphatic rings. The van der Waals surface area contributed by atoms with Crippen molar-refractivity contribution in [1.29, 1.82) is 0 Å². The Balaban J connectivity index is 1.11. The van der Waals surface area contributed by atoms with Crippen LogP contribution in [-0.2, 0) is 36.2 Å². The zero-order valence-corrected chi connectivity index (χ0v) is 29.3. The van der Waals surface area contributed by atoms with E-state index in [9.17, 15) is 0 Å². The number of halogens is 1. The third kappa shape index (κ3) is 8.16. The van der Waals surface area contributed by atoms with Gasteiger partial charge in [0.25, 0.3) is 0 Å². The van der Waals surface area contributed by atoms with Gasteiger partial charge in [0.1, 0.15) is 24.7 Å². The summed E-state index contributed by atoms with van der Waals surface area (Å²) in [6.45, 7) is 1.01. The van der Waals surface area contributed by atoms with E-state index in [-0.39, 0.29) is 0 Å². The summed E-state index contributed by atoms with van der Waals surface area (Å²) in [5.41, 5.74) is 12.4. The van der Waals surface area contributed by atoms with E-state index in [1.807, 2.05) is 23.5 Å². The van der Waals surface area contributed by atoms with Crippen LogP contribution < -0.4 is 9.47 Å². The number of rotatable bonds is 0. The molecule has 0 aromatic heterocycles. The molecule has 0 aliphatic carbocycles. The Morgan fingerprint density at radius 1 is 0.404 bits per heavy atom. The smallest absolute Gasteiger partial charge is 0.119 e. The van der Waals surface area contributed by atoms with Gasteiger partial charge in [-0.3, -0.25) is 0 Å². The molecule has 47 heavy (non-hydrogen) atoms. The van der Waals surface area contributed by atoms with Gasteiger partial charge in [-0.25, -0.2) is 0 Å². The summed E-state index contributed by atoms with van der Waals surface area (Å²) in [5.74, 6) is 5.59. The zero-order chi connectivity index (χ0) is 31.8. The molecule has 5 heteroatoms. The van der Waals surface area contributed by atoms with E-state index in [4.69, 9.17) is 9.47 Å². The fourth-order valence-electron chi connectivity index (χ4n) is 5.64. The van der Waals surface area contributed by atoms with E-state index < -0.39 is 0 Å². The molecule has 0 radical (unpaired) electrons. The molecule has 2 nitrogen and oxygen atoms in total. The number of benzene rings is 6. The fourth-order valence-corrected chi connectivity index (χ4v) is 8.28. The van der Waals surface area contributed by atoms with Gasteiger partial charge in [-0.2, -0.15) is 23.5 Å². The summed E-state index contributed by atoms with van der Waals surface area (Å²) in [4.78, 5) is 0. The van der Waals surface area contributed by atoms with E-state index in [1.165, 1.54) is 44.5 Å². The SMILES string of the molecule is Brc1c2cccc1-c1ccc(cc1)CSCc1ccc(cc1)OCc1ccccc1COc1ccc(cc1)CSCc1ccc-2cc1. The lowest BCUT2D eigenvalue weighted by molar-refractivity contribution is 0.285. The predicted octanol–water partition coefficient (Wildman–Crippen LogP) is 12.1. The van der Waals surface area contributed by atoms with Gasteiger partial charge in [-0.15, -0.1) is 0 Å². The highest BCUT2D eigenvalue weighted by atomic mass is 79.9. The lowest BCUT2D eigenvalue weighted by Crippen LogP contribution is -2.03. The summed E-state index contributed by atoms with van der Waals surface area (Å²) in [5, 5.41) is 0. The zero-order valence-electron chi connectivity index (χ0n) is 26.0. The highest BCUT2D eigenvalue weighted by molar-refractivity contribution is 9.10. The van der Waals surface area contributed by atoms with E-state index in [2.05, 4.69) is 155 Å². The fraction of sp³-hybridized carbons (Fsp3) is 0.143. The van der Waals surface area contributed by atoms with Crippen LogP contribution in [0.4, 0.5) is 0 Å². The molecule has 0 saturated carbocycles. The Labute approximate surface area is 294 Å². The molecule has 0 atom stereocenters. The Morgan fingerprint density at radius 2 is 0.766 bits per heavy atom. The Kier molecular flexibility index (Phi) is 10.3. The molecule has 7 aliphatic heterocycles. The van der Waals surface area contributed by atoms with Crippen LogP contribution in [0.2, 0.25) is 0 Å². The molecule has 0 amide bonds. The Bertz CT molecular complexity index is 1780. The van der Waals surface area contributed by atoms with Gasteiger partial charge >= 0.3 is 0 Å². The summed E-state index contributed by atoms with van der Waals surface area (Å²) in [6.07, 6.45) is 0. The normalized spacial score (nSPS) is 13.7. The first-order valence-electron chi connectivity index (χ1n) is 15.8. The summed E-state index contributed by atoms with van der Waals surface area (Å²) in [7, 11) is 0. The van der Waals surface area contributed by atoms with Crippen molar-refractivity contribution in [2.45, 2.75) is 36.2 Å². The molecule has 6 aromatic rings. The maximum atomic E-state index is 6.19. The summed E-state index contributed by atoms with van der Waals surface area (Å²) in [6, 6.07) is 49.8. The van der Waals surface area contributed by atoms with Crippen molar-refractivity contribution in [3.05, 3.63) is 177 Å². The largest absolute Gasteiger partial charge is 0.489 e. The average molecular weight is 716 g/mol. The van der Waals surface area contributed by atoms with Crippen LogP contribution in [-0.4, -0.2) is 0 Å². The monoisotopic (exact) mass is 714 g/mol. The number of hydrogen-bond donors (Lipinski definition) is 0. The quantitative estimate of drug-likeness (QED) is 0.156. The molecule has 0 fully saturated rings. The molecule has 7 heterocycles. The van der Waals surface area contributed by atoms with E-state index in [0.29, 0.717) is 13.2 Å². The van der Waals surface area contributed by atoms with Gasteiger partial charge in [-0.1, -0.05) is 115 Å². The molecule has 0 N–H and O–H groups in total. The highest BCUT2D eigenvalue weighted by Gasteiger charge is 2.11. The second-order valence-electron chi connectivity index (χ2n) is 11.7. The van der Waals surface area contributed by atoms with Gasteiger partial charge < -0.3 is 9.47 Å². The van der Waals surface area contributed by atoms with Crippen molar-refractivity contribution in [1.82, 2.24) is 0 Å². The summed E-state index contributed by atoms with van der Waals surface area (Å²) < 4.78 is 13.5. The molecule has 13 rings (SSSR count). The van der Waals surface area contributed by atoms with Crippen molar-refractivity contribution in [2.24, 2.45) is 0 Å². The van der Waals surface area contributed by atoms with E-state index in [1.54, 1.807) is 0 Å². The van der Waals surface area contributed by atoms with E-state index in [0.717, 1.165) is 50.1 Å². The van der Waals surface area contributed by atoms with Crippen molar-refractivity contribution in [3.63, 3.8) is 0 Å². The minimum absolute atomic E-state index is 0.503. The highest BCUT2D eigenvalue weighted by Crippen LogP contribution is 2.37. The van der Waals surface area contributed by atoms with Crippen molar-refractivity contribution in [3.8, 4) is 33.8 Å². The standard InChI is InChI=1S/C42H35BrO2S2/c43-42-40-6-3-7-41(42)35-18-10-31(11-19-35)27-47-29-33-14-22-39(23-15-33)45-25-37-5-2-1-4-36(37)24-44-38-20-12-32(13-21-38)28-46-26-30-8-16-34(40)17-9-30/h1-23H,24-29H2. The maximum absolute atomic E-state index is 6.19. The van der Waals surface area contributed by atoms with Crippen molar-refractivity contribution < 1.29 is 9.47 Å². The van der Waals surface area contributed by atoms with Crippen LogP contribution in [0.25, 0.3) is 22.3 Å². The second-order valence-corrected chi connectivity index (χ2v) is 14.4.